The SMILES string of the molecule is CC(=O)c1cccc(C(=O)N(C(=O)c2cccc(C(C)=O)n2)c2ccc(C)cc2)n1. The van der Waals surface area contributed by atoms with Gasteiger partial charge in [0, 0.05) is 13.8 Å². The Balaban J connectivity index is 2.10. The van der Waals surface area contributed by atoms with Gasteiger partial charge in [-0.3, -0.25) is 19.2 Å². The Morgan fingerprint density at radius 3 is 1.43 bits per heavy atom. The Labute approximate surface area is 173 Å². The Bertz CT molecular complexity index is 1080. The third-order valence-corrected chi connectivity index (χ3v) is 4.36. The number of Topliss-reactive ketones (excluding diaryl/α,β-unsaturated/α-hetero) is 2. The van der Waals surface area contributed by atoms with Crippen molar-refractivity contribution >= 4 is 29.1 Å². The number of amides is 2. The minimum atomic E-state index is -0.706. The molecule has 2 amide bonds. The highest BCUT2D eigenvalue weighted by Gasteiger charge is 2.28. The normalized spacial score (nSPS) is 10.4. The van der Waals surface area contributed by atoms with Crippen molar-refractivity contribution in [3.8, 4) is 0 Å². The van der Waals surface area contributed by atoms with E-state index in [2.05, 4.69) is 9.97 Å². The first-order chi connectivity index (χ1) is 14.3. The molecule has 0 atom stereocenters. The minimum Gasteiger partial charge on any atom is -0.293 e. The largest absolute Gasteiger partial charge is 0.293 e. The predicted molar refractivity (Wildman–Crippen MR) is 111 cm³/mol. The predicted octanol–water partition coefficient (Wildman–Crippen LogP) is 3.68. The molecule has 0 aliphatic rings. The zero-order valence-electron chi connectivity index (χ0n) is 16.7. The van der Waals surface area contributed by atoms with Gasteiger partial charge in [0.15, 0.2) is 11.6 Å². The average molecular weight is 401 g/mol. The zero-order chi connectivity index (χ0) is 21.8. The van der Waals surface area contributed by atoms with Crippen LogP contribution in [0, 0.1) is 6.92 Å². The molecule has 0 unspecified atom stereocenters. The summed E-state index contributed by atoms with van der Waals surface area (Å²) in [4.78, 5) is 59.0. The number of aromatic nitrogens is 2. The minimum absolute atomic E-state index is 0.0562. The number of pyridine rings is 2. The molecule has 7 nitrogen and oxygen atoms in total. The highest BCUT2D eigenvalue weighted by Crippen LogP contribution is 2.20. The van der Waals surface area contributed by atoms with E-state index in [1.54, 1.807) is 24.3 Å². The van der Waals surface area contributed by atoms with E-state index < -0.39 is 11.8 Å². The fourth-order valence-corrected chi connectivity index (χ4v) is 2.75. The van der Waals surface area contributed by atoms with E-state index in [1.165, 1.54) is 50.2 Å². The van der Waals surface area contributed by atoms with Crippen LogP contribution in [0.25, 0.3) is 0 Å². The second-order valence-electron chi connectivity index (χ2n) is 6.71. The Morgan fingerprint density at radius 1 is 0.633 bits per heavy atom. The summed E-state index contributed by atoms with van der Waals surface area (Å²) in [5, 5.41) is 0. The van der Waals surface area contributed by atoms with Gasteiger partial charge in [-0.1, -0.05) is 29.8 Å². The highest BCUT2D eigenvalue weighted by atomic mass is 16.2. The van der Waals surface area contributed by atoms with Crippen molar-refractivity contribution < 1.29 is 19.2 Å². The van der Waals surface area contributed by atoms with E-state index in [4.69, 9.17) is 0 Å². The summed E-state index contributed by atoms with van der Waals surface area (Å²) in [6, 6.07) is 15.7. The number of hydrogen-bond acceptors (Lipinski definition) is 6. The second-order valence-corrected chi connectivity index (χ2v) is 6.71. The molecule has 150 valence electrons. The quantitative estimate of drug-likeness (QED) is 0.478. The average Bonchev–Trinajstić information content (AvgIpc) is 2.75. The first-order valence-electron chi connectivity index (χ1n) is 9.19. The van der Waals surface area contributed by atoms with E-state index in [1.807, 2.05) is 6.92 Å². The molecule has 0 saturated carbocycles. The van der Waals surface area contributed by atoms with Crippen LogP contribution in [0.2, 0.25) is 0 Å². The van der Waals surface area contributed by atoms with E-state index >= 15 is 0 Å². The topological polar surface area (TPSA) is 97.3 Å². The standard InChI is InChI=1S/C23H19N3O4/c1-14-10-12-17(13-11-14)26(22(29)20-8-4-6-18(24-20)15(2)27)23(30)21-9-5-7-19(25-21)16(3)28/h4-13H,1-3H3. The van der Waals surface area contributed by atoms with Gasteiger partial charge < -0.3 is 0 Å². The summed E-state index contributed by atoms with van der Waals surface area (Å²) in [6.07, 6.45) is 0. The highest BCUT2D eigenvalue weighted by molar-refractivity contribution is 6.25. The lowest BCUT2D eigenvalue weighted by atomic mass is 10.1. The Morgan fingerprint density at radius 2 is 1.03 bits per heavy atom. The van der Waals surface area contributed by atoms with Crippen molar-refractivity contribution in [2.24, 2.45) is 0 Å². The number of hydrogen-bond donors (Lipinski definition) is 0. The van der Waals surface area contributed by atoms with E-state index in [0.29, 0.717) is 5.69 Å². The lowest BCUT2D eigenvalue weighted by molar-refractivity contribution is 0.0892. The summed E-state index contributed by atoms with van der Waals surface area (Å²) in [5.74, 6) is -2.01. The van der Waals surface area contributed by atoms with Crippen molar-refractivity contribution in [1.82, 2.24) is 9.97 Å². The molecule has 0 aliphatic carbocycles. The molecule has 0 aliphatic heterocycles. The molecule has 3 rings (SSSR count). The monoisotopic (exact) mass is 401 g/mol. The molecule has 3 aromatic rings. The van der Waals surface area contributed by atoms with E-state index in [-0.39, 0.29) is 34.3 Å². The molecule has 7 heteroatoms. The molecular weight excluding hydrogens is 382 g/mol. The molecule has 2 heterocycles. The number of nitrogens with zero attached hydrogens (tertiary/aromatic N) is 3. The Hall–Kier alpha value is -4.00. The van der Waals surface area contributed by atoms with Crippen LogP contribution in [0.4, 0.5) is 5.69 Å². The van der Waals surface area contributed by atoms with Crippen LogP contribution in [0.15, 0.2) is 60.7 Å². The van der Waals surface area contributed by atoms with Crippen molar-refractivity contribution in [1.29, 1.82) is 0 Å². The van der Waals surface area contributed by atoms with Crippen LogP contribution in [-0.4, -0.2) is 33.3 Å². The number of carbonyl (C=O) groups is 4. The first kappa shape index (κ1) is 20.7. The number of rotatable bonds is 5. The van der Waals surface area contributed by atoms with Gasteiger partial charge in [-0.25, -0.2) is 14.9 Å². The van der Waals surface area contributed by atoms with Crippen LogP contribution in [0.1, 0.15) is 61.4 Å². The number of carbonyl (C=O) groups excluding carboxylic acids is 4. The van der Waals surface area contributed by atoms with E-state index in [9.17, 15) is 19.2 Å². The fraction of sp³-hybridized carbons (Fsp3) is 0.130. The van der Waals surface area contributed by atoms with Crippen LogP contribution < -0.4 is 4.90 Å². The molecule has 0 spiro atoms. The molecule has 0 bridgehead atoms. The van der Waals surface area contributed by atoms with Gasteiger partial charge in [0.2, 0.25) is 0 Å². The second kappa shape index (κ2) is 8.57. The van der Waals surface area contributed by atoms with Gasteiger partial charge in [-0.05, 0) is 43.3 Å². The molecule has 30 heavy (non-hydrogen) atoms. The first-order valence-corrected chi connectivity index (χ1v) is 9.19. The van der Waals surface area contributed by atoms with Crippen LogP contribution in [0.3, 0.4) is 0 Å². The number of aryl methyl sites for hydroxylation is 1. The summed E-state index contributed by atoms with van der Waals surface area (Å²) in [6.45, 7) is 4.57. The number of ketones is 2. The lowest BCUT2D eigenvalue weighted by Crippen LogP contribution is -2.38. The van der Waals surface area contributed by atoms with Gasteiger partial charge in [0.1, 0.15) is 22.8 Å². The summed E-state index contributed by atoms with van der Waals surface area (Å²) in [5.41, 5.74) is 1.40. The maximum absolute atomic E-state index is 13.3. The lowest BCUT2D eigenvalue weighted by Gasteiger charge is -2.21. The van der Waals surface area contributed by atoms with Gasteiger partial charge in [0.25, 0.3) is 11.8 Å². The zero-order valence-corrected chi connectivity index (χ0v) is 16.7. The molecule has 0 radical (unpaired) electrons. The van der Waals surface area contributed by atoms with Crippen molar-refractivity contribution in [3.05, 3.63) is 89.0 Å². The summed E-state index contributed by atoms with van der Waals surface area (Å²) < 4.78 is 0. The van der Waals surface area contributed by atoms with Gasteiger partial charge >= 0.3 is 0 Å². The third kappa shape index (κ3) is 4.35. The molecule has 1 aromatic carbocycles. The fourth-order valence-electron chi connectivity index (χ4n) is 2.75. The van der Waals surface area contributed by atoms with Gasteiger partial charge in [0.05, 0.1) is 5.69 Å². The third-order valence-electron chi connectivity index (χ3n) is 4.36. The van der Waals surface area contributed by atoms with Crippen molar-refractivity contribution in [3.63, 3.8) is 0 Å². The molecule has 0 N–H and O–H groups in total. The molecular formula is C23H19N3O4. The van der Waals surface area contributed by atoms with Gasteiger partial charge in [-0.15, -0.1) is 0 Å². The van der Waals surface area contributed by atoms with E-state index in [0.717, 1.165) is 10.5 Å². The van der Waals surface area contributed by atoms with Crippen LogP contribution in [0.5, 0.6) is 0 Å². The molecule has 0 saturated heterocycles. The molecule has 2 aromatic heterocycles. The van der Waals surface area contributed by atoms with Crippen LogP contribution >= 0.6 is 0 Å². The van der Waals surface area contributed by atoms with Crippen molar-refractivity contribution in [2.75, 3.05) is 4.90 Å². The number of anilines is 1. The smallest absolute Gasteiger partial charge is 0.283 e. The Kier molecular flexibility index (Phi) is 5.92. The van der Waals surface area contributed by atoms with Crippen molar-refractivity contribution in [2.45, 2.75) is 20.8 Å². The van der Waals surface area contributed by atoms with Gasteiger partial charge in [-0.2, -0.15) is 0 Å². The summed E-state index contributed by atoms with van der Waals surface area (Å²) >= 11 is 0. The van der Waals surface area contributed by atoms with Crippen LogP contribution in [-0.2, 0) is 0 Å². The summed E-state index contributed by atoms with van der Waals surface area (Å²) in [7, 11) is 0. The maximum Gasteiger partial charge on any atom is 0.283 e. The number of benzene rings is 1. The molecule has 0 fully saturated rings. The maximum atomic E-state index is 13.3. The number of imide groups is 1.